The van der Waals surface area contributed by atoms with Gasteiger partial charge < -0.3 is 9.84 Å². The molecule has 2 N–H and O–H groups in total. The lowest BCUT2D eigenvalue weighted by atomic mass is 10.1. The average Bonchev–Trinajstić information content (AvgIpc) is 2.91. The van der Waals surface area contributed by atoms with Gasteiger partial charge in [-0.05, 0) is 25.8 Å². The number of hydrogen-bond donors (Lipinski definition) is 2. The van der Waals surface area contributed by atoms with Crippen LogP contribution >= 0.6 is 23.5 Å². The van der Waals surface area contributed by atoms with Crippen molar-refractivity contribution in [1.82, 2.24) is 19.7 Å². The first kappa shape index (κ1) is 20.5. The number of hydrogen-bond acceptors (Lipinski definition) is 7. The third-order valence-corrected chi connectivity index (χ3v) is 3.50. The number of rotatable bonds is 7. The quantitative estimate of drug-likeness (QED) is 0.567. The van der Waals surface area contributed by atoms with E-state index < -0.39 is 5.60 Å². The zero-order valence-corrected chi connectivity index (χ0v) is 16.1. The van der Waals surface area contributed by atoms with Crippen molar-refractivity contribution in [2.45, 2.75) is 44.6 Å². The average molecular weight is 374 g/mol. The van der Waals surface area contributed by atoms with E-state index in [-0.39, 0.29) is 5.15 Å². The molecule has 2 aromatic heterocycles. The molecule has 0 fully saturated rings. The summed E-state index contributed by atoms with van der Waals surface area (Å²) in [4.78, 5) is 9.22. The normalized spacial score (nSPS) is 10.8. The standard InChI is InChI=1S/C13H18ClN5O2S.C2H6/c1-13(2,20)4-5-21-11-6-10(14)16-12(17-11)18-22-9-7-15-19(3)8-9;1-2/h6-8,20H,4-5H2,1-3H3,(H,16,17,18);1-2H3. The Morgan fingerprint density at radius 1 is 1.38 bits per heavy atom. The van der Waals surface area contributed by atoms with Crippen molar-refractivity contribution in [3.8, 4) is 5.88 Å². The first-order valence-electron chi connectivity index (χ1n) is 7.63. The second-order valence-corrected chi connectivity index (χ2v) is 6.58. The summed E-state index contributed by atoms with van der Waals surface area (Å²) in [6, 6.07) is 1.53. The number of anilines is 1. The molecule has 0 aliphatic rings. The van der Waals surface area contributed by atoms with Crippen molar-refractivity contribution in [1.29, 1.82) is 0 Å². The Bertz CT molecular complexity index is 631. The molecule has 0 spiro atoms. The fraction of sp³-hybridized carbons (Fsp3) is 0.533. The molecule has 2 aromatic rings. The van der Waals surface area contributed by atoms with Crippen LogP contribution in [0.15, 0.2) is 23.4 Å². The van der Waals surface area contributed by atoms with Gasteiger partial charge >= 0.3 is 0 Å². The summed E-state index contributed by atoms with van der Waals surface area (Å²) in [5, 5.41) is 14.0. The third kappa shape index (κ3) is 7.85. The van der Waals surface area contributed by atoms with Crippen LogP contribution in [-0.2, 0) is 7.05 Å². The number of nitrogens with zero attached hydrogens (tertiary/aromatic N) is 4. The van der Waals surface area contributed by atoms with E-state index >= 15 is 0 Å². The van der Waals surface area contributed by atoms with E-state index in [9.17, 15) is 5.11 Å². The number of aromatic nitrogens is 4. The summed E-state index contributed by atoms with van der Waals surface area (Å²) in [6.07, 6.45) is 4.08. The maximum atomic E-state index is 9.65. The maximum absolute atomic E-state index is 9.65. The molecular formula is C15H24ClN5O2S. The minimum absolute atomic E-state index is 0.280. The molecule has 134 valence electrons. The Labute approximate surface area is 151 Å². The second-order valence-electron chi connectivity index (χ2n) is 5.32. The Kier molecular flexibility index (Phi) is 8.30. The molecule has 0 aliphatic heterocycles. The fourth-order valence-corrected chi connectivity index (χ4v) is 2.26. The molecule has 0 amide bonds. The highest BCUT2D eigenvalue weighted by molar-refractivity contribution is 8.00. The lowest BCUT2D eigenvalue weighted by Crippen LogP contribution is -2.22. The monoisotopic (exact) mass is 373 g/mol. The van der Waals surface area contributed by atoms with Gasteiger partial charge in [0.2, 0.25) is 11.8 Å². The zero-order chi connectivity index (χ0) is 18.2. The van der Waals surface area contributed by atoms with Crippen molar-refractivity contribution < 1.29 is 9.84 Å². The van der Waals surface area contributed by atoms with Crippen LogP contribution in [0.2, 0.25) is 5.15 Å². The predicted octanol–water partition coefficient (Wildman–Crippen LogP) is 3.55. The SMILES string of the molecule is CC.Cn1cc(SNc2nc(Cl)cc(OCCC(C)(C)O)n2)cn1. The summed E-state index contributed by atoms with van der Waals surface area (Å²) < 4.78 is 10.2. The summed E-state index contributed by atoms with van der Waals surface area (Å²) in [6.45, 7) is 7.79. The van der Waals surface area contributed by atoms with Crippen LogP contribution in [0.1, 0.15) is 34.1 Å². The van der Waals surface area contributed by atoms with Crippen molar-refractivity contribution in [2.24, 2.45) is 7.05 Å². The molecule has 2 rings (SSSR count). The molecule has 0 saturated carbocycles. The van der Waals surface area contributed by atoms with Crippen molar-refractivity contribution in [3.63, 3.8) is 0 Å². The first-order valence-corrected chi connectivity index (χ1v) is 8.82. The minimum Gasteiger partial charge on any atom is -0.477 e. The summed E-state index contributed by atoms with van der Waals surface area (Å²) in [7, 11) is 1.84. The highest BCUT2D eigenvalue weighted by atomic mass is 35.5. The van der Waals surface area contributed by atoms with Crippen LogP contribution in [-0.4, -0.2) is 37.1 Å². The van der Waals surface area contributed by atoms with Gasteiger partial charge in [-0.15, -0.1) is 0 Å². The smallest absolute Gasteiger partial charge is 0.237 e. The molecule has 7 nitrogen and oxygen atoms in total. The van der Waals surface area contributed by atoms with E-state index in [1.807, 2.05) is 27.1 Å². The van der Waals surface area contributed by atoms with Crippen molar-refractivity contribution >= 4 is 29.5 Å². The number of nitrogens with one attached hydrogen (secondary N) is 1. The predicted molar refractivity (Wildman–Crippen MR) is 97.5 cm³/mol. The van der Waals surface area contributed by atoms with Gasteiger partial charge in [0, 0.05) is 25.7 Å². The van der Waals surface area contributed by atoms with Gasteiger partial charge in [0.1, 0.15) is 5.15 Å². The summed E-state index contributed by atoms with van der Waals surface area (Å²) >= 11 is 7.29. The van der Waals surface area contributed by atoms with Crippen LogP contribution < -0.4 is 9.46 Å². The topological polar surface area (TPSA) is 85.1 Å². The molecule has 0 aliphatic carbocycles. The molecule has 0 aromatic carbocycles. The fourth-order valence-electron chi connectivity index (χ4n) is 1.48. The third-order valence-electron chi connectivity index (χ3n) is 2.58. The molecule has 0 unspecified atom stereocenters. The van der Waals surface area contributed by atoms with Gasteiger partial charge in [-0.3, -0.25) is 9.40 Å². The molecule has 0 radical (unpaired) electrons. The molecule has 9 heteroatoms. The zero-order valence-electron chi connectivity index (χ0n) is 14.6. The van der Waals surface area contributed by atoms with Crippen molar-refractivity contribution in [2.75, 3.05) is 11.3 Å². The second kappa shape index (κ2) is 9.71. The highest BCUT2D eigenvalue weighted by Crippen LogP contribution is 2.22. The van der Waals surface area contributed by atoms with Crippen LogP contribution in [0.25, 0.3) is 0 Å². The Hall–Kier alpha value is -1.51. The van der Waals surface area contributed by atoms with Gasteiger partial charge in [-0.25, -0.2) is 4.98 Å². The number of aliphatic hydroxyl groups is 1. The molecule has 2 heterocycles. The number of aryl methyl sites for hydroxylation is 1. The first-order chi connectivity index (χ1) is 11.3. The van der Waals surface area contributed by atoms with Crippen LogP contribution in [0.4, 0.5) is 5.95 Å². The van der Waals surface area contributed by atoms with Gasteiger partial charge in [0.15, 0.2) is 0 Å². The van der Waals surface area contributed by atoms with E-state index in [4.69, 9.17) is 16.3 Å². The van der Waals surface area contributed by atoms with Crippen molar-refractivity contribution in [3.05, 3.63) is 23.6 Å². The lowest BCUT2D eigenvalue weighted by Gasteiger charge is -2.16. The highest BCUT2D eigenvalue weighted by Gasteiger charge is 2.13. The Morgan fingerprint density at radius 3 is 2.67 bits per heavy atom. The molecule has 0 saturated heterocycles. The van der Waals surface area contributed by atoms with Crippen LogP contribution in [0.3, 0.4) is 0 Å². The Morgan fingerprint density at radius 2 is 2.08 bits per heavy atom. The van der Waals surface area contributed by atoms with E-state index in [0.717, 1.165) is 4.90 Å². The molecule has 0 atom stereocenters. The van der Waals surface area contributed by atoms with Gasteiger partial charge in [0.05, 0.1) is 23.3 Å². The summed E-state index contributed by atoms with van der Waals surface area (Å²) in [5.74, 6) is 0.707. The van der Waals surface area contributed by atoms with E-state index in [2.05, 4.69) is 19.8 Å². The maximum Gasteiger partial charge on any atom is 0.237 e. The number of halogens is 1. The number of ether oxygens (including phenoxy) is 1. The Balaban J connectivity index is 0.00000139. The summed E-state index contributed by atoms with van der Waals surface area (Å²) in [5.41, 5.74) is -0.784. The molecule has 24 heavy (non-hydrogen) atoms. The van der Waals surface area contributed by atoms with E-state index in [1.165, 1.54) is 18.0 Å². The van der Waals surface area contributed by atoms with E-state index in [0.29, 0.717) is 24.9 Å². The van der Waals surface area contributed by atoms with Crippen LogP contribution in [0.5, 0.6) is 5.88 Å². The van der Waals surface area contributed by atoms with Gasteiger partial charge in [-0.1, -0.05) is 25.4 Å². The van der Waals surface area contributed by atoms with E-state index in [1.54, 1.807) is 24.7 Å². The van der Waals surface area contributed by atoms with Crippen LogP contribution in [0, 0.1) is 0 Å². The lowest BCUT2D eigenvalue weighted by molar-refractivity contribution is 0.0547. The van der Waals surface area contributed by atoms with Gasteiger partial charge in [-0.2, -0.15) is 10.1 Å². The largest absolute Gasteiger partial charge is 0.477 e. The van der Waals surface area contributed by atoms with Gasteiger partial charge in [0.25, 0.3) is 0 Å². The minimum atomic E-state index is -0.784. The molecule has 0 bridgehead atoms. The molecular weight excluding hydrogens is 350 g/mol.